The van der Waals surface area contributed by atoms with Gasteiger partial charge in [-0.2, -0.15) is 11.8 Å². The number of nitrogens with one attached hydrogen (secondary N) is 1. The Morgan fingerprint density at radius 3 is 2.78 bits per heavy atom. The number of thioether (sulfide) groups is 1. The molecule has 4 rings (SSSR count). The lowest BCUT2D eigenvalue weighted by molar-refractivity contribution is 0.0724. The molecule has 23 heavy (non-hydrogen) atoms. The second kappa shape index (κ2) is 6.04. The van der Waals surface area contributed by atoms with Gasteiger partial charge in [0.15, 0.2) is 0 Å². The topological polar surface area (TPSA) is 53.2 Å². The van der Waals surface area contributed by atoms with E-state index in [0.29, 0.717) is 0 Å². The number of nitrogens with zero attached hydrogens (tertiary/aromatic N) is 1. The standard InChI is InChI=1S/C18H20N2O2S/c21-17-15-11-23-9-6-13(15)14-10-12(4-5-16(14)19-17)18(22)20-7-2-1-3-8-20/h4-5,10H,1-3,6-9,11H2,(H,19,21). The van der Waals surface area contributed by atoms with Gasteiger partial charge in [0, 0.05) is 40.9 Å². The predicted octanol–water partition coefficient (Wildman–Crippen LogP) is 2.94. The number of hydrogen-bond donors (Lipinski definition) is 1. The quantitative estimate of drug-likeness (QED) is 0.876. The Bertz CT molecular complexity index is 822. The summed E-state index contributed by atoms with van der Waals surface area (Å²) in [6.45, 7) is 1.72. The zero-order chi connectivity index (χ0) is 15.8. The molecule has 0 aliphatic carbocycles. The van der Waals surface area contributed by atoms with Gasteiger partial charge in [-0.3, -0.25) is 9.59 Å². The van der Waals surface area contributed by atoms with E-state index < -0.39 is 0 Å². The van der Waals surface area contributed by atoms with Crippen LogP contribution in [0.1, 0.15) is 40.7 Å². The molecular weight excluding hydrogens is 308 g/mol. The fraction of sp³-hybridized carbons (Fsp3) is 0.444. The van der Waals surface area contributed by atoms with E-state index in [0.717, 1.165) is 71.5 Å². The largest absolute Gasteiger partial charge is 0.339 e. The molecule has 1 amide bonds. The van der Waals surface area contributed by atoms with Crippen LogP contribution in [0.2, 0.25) is 0 Å². The number of benzene rings is 1. The summed E-state index contributed by atoms with van der Waals surface area (Å²) in [5.41, 5.74) is 3.63. The summed E-state index contributed by atoms with van der Waals surface area (Å²) < 4.78 is 0. The van der Waals surface area contributed by atoms with Crippen molar-refractivity contribution in [2.45, 2.75) is 31.4 Å². The molecule has 0 unspecified atom stereocenters. The van der Waals surface area contributed by atoms with Crippen LogP contribution in [0.3, 0.4) is 0 Å². The van der Waals surface area contributed by atoms with Gasteiger partial charge in [0.2, 0.25) is 0 Å². The van der Waals surface area contributed by atoms with Crippen LogP contribution in [0, 0.1) is 0 Å². The smallest absolute Gasteiger partial charge is 0.253 e. The lowest BCUT2D eigenvalue weighted by Gasteiger charge is -2.27. The molecule has 2 aliphatic rings. The van der Waals surface area contributed by atoms with Crippen molar-refractivity contribution < 1.29 is 4.79 Å². The first-order chi connectivity index (χ1) is 11.2. The number of fused-ring (bicyclic) bond motifs is 3. The van der Waals surface area contributed by atoms with Crippen LogP contribution in [0.25, 0.3) is 10.9 Å². The minimum absolute atomic E-state index is 0.0230. The van der Waals surface area contributed by atoms with Crippen molar-refractivity contribution in [3.63, 3.8) is 0 Å². The molecule has 1 N–H and O–H groups in total. The minimum atomic E-state index is 0.0230. The van der Waals surface area contributed by atoms with Crippen LogP contribution < -0.4 is 5.56 Å². The summed E-state index contributed by atoms with van der Waals surface area (Å²) in [6.07, 6.45) is 4.31. The molecular formula is C18H20N2O2S. The molecule has 5 heteroatoms. The van der Waals surface area contributed by atoms with Crippen LogP contribution >= 0.6 is 11.8 Å². The van der Waals surface area contributed by atoms with Crippen molar-refractivity contribution in [2.75, 3.05) is 18.8 Å². The third-order valence-electron chi connectivity index (χ3n) is 4.86. The maximum atomic E-state index is 12.7. The van der Waals surface area contributed by atoms with E-state index in [1.807, 2.05) is 23.1 Å². The Morgan fingerprint density at radius 2 is 1.96 bits per heavy atom. The molecule has 2 aromatic rings. The van der Waals surface area contributed by atoms with Crippen LogP contribution in [0.15, 0.2) is 23.0 Å². The highest BCUT2D eigenvalue weighted by atomic mass is 32.2. The van der Waals surface area contributed by atoms with E-state index in [9.17, 15) is 9.59 Å². The van der Waals surface area contributed by atoms with E-state index in [-0.39, 0.29) is 11.5 Å². The van der Waals surface area contributed by atoms with Gasteiger partial charge in [0.25, 0.3) is 11.5 Å². The highest BCUT2D eigenvalue weighted by Crippen LogP contribution is 2.28. The van der Waals surface area contributed by atoms with Crippen molar-refractivity contribution in [3.8, 4) is 0 Å². The van der Waals surface area contributed by atoms with Gasteiger partial charge in [-0.05, 0) is 55.2 Å². The van der Waals surface area contributed by atoms with Gasteiger partial charge >= 0.3 is 0 Å². The normalized spacial score (nSPS) is 18.0. The van der Waals surface area contributed by atoms with Crippen LogP contribution in [0.5, 0.6) is 0 Å². The Balaban J connectivity index is 1.79. The van der Waals surface area contributed by atoms with Crippen LogP contribution in [-0.4, -0.2) is 34.6 Å². The third-order valence-corrected chi connectivity index (χ3v) is 5.85. The molecule has 1 saturated heterocycles. The van der Waals surface area contributed by atoms with Crippen molar-refractivity contribution in [2.24, 2.45) is 0 Å². The van der Waals surface area contributed by atoms with Gasteiger partial charge in [-0.25, -0.2) is 0 Å². The summed E-state index contributed by atoms with van der Waals surface area (Å²) in [6, 6.07) is 5.71. The van der Waals surface area contributed by atoms with Crippen LogP contribution in [0.4, 0.5) is 0 Å². The van der Waals surface area contributed by atoms with E-state index in [1.165, 1.54) is 6.42 Å². The zero-order valence-corrected chi connectivity index (χ0v) is 13.9. The van der Waals surface area contributed by atoms with Gasteiger partial charge < -0.3 is 9.88 Å². The first-order valence-corrected chi connectivity index (χ1v) is 9.44. The number of likely N-dealkylation sites (tertiary alicyclic amines) is 1. The maximum Gasteiger partial charge on any atom is 0.253 e. The first-order valence-electron chi connectivity index (χ1n) is 8.29. The lowest BCUT2D eigenvalue weighted by atomic mass is 9.99. The molecule has 2 aliphatic heterocycles. The summed E-state index contributed by atoms with van der Waals surface area (Å²) in [5, 5.41) is 1.04. The summed E-state index contributed by atoms with van der Waals surface area (Å²) in [5.74, 6) is 1.93. The second-order valence-corrected chi connectivity index (χ2v) is 7.43. The Kier molecular flexibility index (Phi) is 3.89. The van der Waals surface area contributed by atoms with Crippen molar-refractivity contribution in [1.82, 2.24) is 9.88 Å². The number of carbonyl (C=O) groups is 1. The van der Waals surface area contributed by atoms with Gasteiger partial charge in [-0.15, -0.1) is 0 Å². The minimum Gasteiger partial charge on any atom is -0.339 e. The van der Waals surface area contributed by atoms with Gasteiger partial charge in [0.1, 0.15) is 0 Å². The molecule has 4 nitrogen and oxygen atoms in total. The monoisotopic (exact) mass is 328 g/mol. The molecule has 0 radical (unpaired) electrons. The maximum absolute atomic E-state index is 12.7. The number of amides is 1. The van der Waals surface area contributed by atoms with Crippen LogP contribution in [-0.2, 0) is 12.2 Å². The SMILES string of the molecule is O=C(c1ccc2[nH]c(=O)c3c(c2c1)CCSC3)N1CCCCC1. The Labute approximate surface area is 139 Å². The van der Waals surface area contributed by atoms with Gasteiger partial charge in [0.05, 0.1) is 0 Å². The molecule has 120 valence electrons. The molecule has 0 atom stereocenters. The Morgan fingerprint density at radius 1 is 1.13 bits per heavy atom. The lowest BCUT2D eigenvalue weighted by Crippen LogP contribution is -2.35. The number of aromatic nitrogens is 1. The van der Waals surface area contributed by atoms with Crippen molar-refractivity contribution in [3.05, 3.63) is 45.2 Å². The number of aryl methyl sites for hydroxylation is 1. The molecule has 1 aromatic heterocycles. The molecule has 0 saturated carbocycles. The van der Waals surface area contributed by atoms with Crippen molar-refractivity contribution >= 4 is 28.6 Å². The number of rotatable bonds is 1. The number of H-pyrrole nitrogens is 1. The van der Waals surface area contributed by atoms with E-state index in [4.69, 9.17) is 0 Å². The fourth-order valence-corrected chi connectivity index (χ4v) is 4.60. The highest BCUT2D eigenvalue weighted by Gasteiger charge is 2.21. The highest BCUT2D eigenvalue weighted by molar-refractivity contribution is 7.98. The van der Waals surface area contributed by atoms with E-state index in [2.05, 4.69) is 4.98 Å². The third kappa shape index (κ3) is 2.67. The number of carbonyl (C=O) groups excluding carboxylic acids is 1. The molecule has 0 spiro atoms. The zero-order valence-electron chi connectivity index (χ0n) is 13.1. The molecule has 3 heterocycles. The molecule has 1 aromatic carbocycles. The number of aromatic amines is 1. The second-order valence-electron chi connectivity index (χ2n) is 6.33. The summed E-state index contributed by atoms with van der Waals surface area (Å²) >= 11 is 1.80. The predicted molar refractivity (Wildman–Crippen MR) is 94.2 cm³/mol. The van der Waals surface area contributed by atoms with E-state index >= 15 is 0 Å². The first kappa shape index (κ1) is 14.8. The molecule has 1 fully saturated rings. The van der Waals surface area contributed by atoms with Crippen molar-refractivity contribution in [1.29, 1.82) is 0 Å². The molecule has 0 bridgehead atoms. The number of pyridine rings is 1. The summed E-state index contributed by atoms with van der Waals surface area (Å²) in [7, 11) is 0. The van der Waals surface area contributed by atoms with E-state index in [1.54, 1.807) is 11.8 Å². The fourth-order valence-electron chi connectivity index (χ4n) is 3.60. The Hall–Kier alpha value is -1.75. The average molecular weight is 328 g/mol. The average Bonchev–Trinajstić information content (AvgIpc) is 2.62. The number of hydrogen-bond acceptors (Lipinski definition) is 3. The van der Waals surface area contributed by atoms with Gasteiger partial charge in [-0.1, -0.05) is 0 Å². The summed E-state index contributed by atoms with van der Waals surface area (Å²) in [4.78, 5) is 29.9. The number of piperidine rings is 1.